The highest BCUT2D eigenvalue weighted by Gasteiger charge is 2.12. The third-order valence-corrected chi connectivity index (χ3v) is 3.59. The van der Waals surface area contributed by atoms with Gasteiger partial charge in [-0.1, -0.05) is 19.1 Å². The van der Waals surface area contributed by atoms with Gasteiger partial charge < -0.3 is 14.5 Å². The number of nitrogens with one attached hydrogen (secondary N) is 1. The first kappa shape index (κ1) is 15.6. The third-order valence-electron chi connectivity index (χ3n) is 3.59. The number of benzene rings is 1. The number of furan rings is 1. The summed E-state index contributed by atoms with van der Waals surface area (Å²) in [5.41, 5.74) is 1.31. The summed E-state index contributed by atoms with van der Waals surface area (Å²) in [6, 6.07) is 12.3. The lowest BCUT2D eigenvalue weighted by Crippen LogP contribution is -2.26. The molecule has 1 N–H and O–H groups in total. The Morgan fingerprint density at radius 3 is 2.81 bits per heavy atom. The zero-order valence-corrected chi connectivity index (χ0v) is 13.0. The number of hydrogen-bond donors (Lipinski definition) is 1. The lowest BCUT2D eigenvalue weighted by Gasteiger charge is -2.17. The van der Waals surface area contributed by atoms with Crippen molar-refractivity contribution in [3.63, 3.8) is 0 Å². The molecule has 1 aromatic carbocycles. The molecule has 21 heavy (non-hydrogen) atoms. The standard InChI is InChI=1S/C18H25NO2/c1-3-9-19-14-16(13-18-8-5-10-21-18)11-15-6-4-7-17(12-15)20-2/h4-8,10,12,16,19H,3,9,11,13-14H2,1-2H3. The summed E-state index contributed by atoms with van der Waals surface area (Å²) in [5, 5.41) is 3.52. The van der Waals surface area contributed by atoms with E-state index in [-0.39, 0.29) is 0 Å². The average Bonchev–Trinajstić information content (AvgIpc) is 3.00. The molecule has 0 aliphatic rings. The SMILES string of the molecule is CCCNCC(Cc1cccc(OC)c1)Cc1ccco1. The second-order valence-electron chi connectivity index (χ2n) is 5.41. The van der Waals surface area contributed by atoms with Crippen molar-refractivity contribution < 1.29 is 9.15 Å². The molecule has 0 aliphatic heterocycles. The maximum atomic E-state index is 5.50. The van der Waals surface area contributed by atoms with Crippen LogP contribution in [0, 0.1) is 5.92 Å². The Bertz CT molecular complexity index is 508. The van der Waals surface area contributed by atoms with E-state index in [1.165, 1.54) is 5.56 Å². The van der Waals surface area contributed by atoms with Gasteiger partial charge in [0.05, 0.1) is 13.4 Å². The Hall–Kier alpha value is -1.74. The normalized spacial score (nSPS) is 12.3. The van der Waals surface area contributed by atoms with Crippen LogP contribution in [0.3, 0.4) is 0 Å². The molecule has 0 amide bonds. The molecular formula is C18H25NO2. The summed E-state index contributed by atoms with van der Waals surface area (Å²) in [7, 11) is 1.71. The van der Waals surface area contributed by atoms with Crippen LogP contribution in [0.2, 0.25) is 0 Å². The summed E-state index contributed by atoms with van der Waals surface area (Å²) < 4.78 is 10.8. The van der Waals surface area contributed by atoms with Gasteiger partial charge in [0.15, 0.2) is 0 Å². The summed E-state index contributed by atoms with van der Waals surface area (Å²) in [6.07, 6.45) is 4.89. The number of hydrogen-bond acceptors (Lipinski definition) is 3. The maximum Gasteiger partial charge on any atom is 0.119 e. The van der Waals surface area contributed by atoms with Gasteiger partial charge in [0.1, 0.15) is 11.5 Å². The van der Waals surface area contributed by atoms with E-state index in [1.807, 2.05) is 12.1 Å². The molecule has 0 radical (unpaired) electrons. The highest BCUT2D eigenvalue weighted by molar-refractivity contribution is 5.28. The summed E-state index contributed by atoms with van der Waals surface area (Å²) in [6.45, 7) is 4.26. The largest absolute Gasteiger partial charge is 0.497 e. The molecule has 3 nitrogen and oxygen atoms in total. The Labute approximate surface area is 127 Å². The molecule has 1 aromatic heterocycles. The van der Waals surface area contributed by atoms with Gasteiger partial charge >= 0.3 is 0 Å². The molecule has 0 saturated heterocycles. The molecular weight excluding hydrogens is 262 g/mol. The van der Waals surface area contributed by atoms with Crippen LogP contribution >= 0.6 is 0 Å². The molecule has 1 unspecified atom stereocenters. The van der Waals surface area contributed by atoms with Gasteiger partial charge in [-0.15, -0.1) is 0 Å². The molecule has 2 rings (SSSR count). The second kappa shape index (κ2) is 8.53. The van der Waals surface area contributed by atoms with Crippen molar-refractivity contribution in [1.29, 1.82) is 0 Å². The van der Waals surface area contributed by atoms with Gasteiger partial charge in [0.2, 0.25) is 0 Å². The minimum atomic E-state index is 0.523. The zero-order chi connectivity index (χ0) is 14.9. The predicted molar refractivity (Wildman–Crippen MR) is 85.8 cm³/mol. The number of methoxy groups -OCH3 is 1. The first-order valence-electron chi connectivity index (χ1n) is 7.67. The second-order valence-corrected chi connectivity index (χ2v) is 5.41. The van der Waals surface area contributed by atoms with E-state index < -0.39 is 0 Å². The fraction of sp³-hybridized carbons (Fsp3) is 0.444. The van der Waals surface area contributed by atoms with Crippen LogP contribution in [0.15, 0.2) is 47.1 Å². The molecule has 0 saturated carbocycles. The monoisotopic (exact) mass is 287 g/mol. The molecule has 0 fully saturated rings. The third kappa shape index (κ3) is 5.27. The lowest BCUT2D eigenvalue weighted by atomic mass is 9.95. The number of rotatable bonds is 9. The molecule has 1 heterocycles. The van der Waals surface area contributed by atoms with Crippen LogP contribution in [0.4, 0.5) is 0 Å². The summed E-state index contributed by atoms with van der Waals surface area (Å²) in [4.78, 5) is 0. The Balaban J connectivity index is 1.99. The quantitative estimate of drug-likeness (QED) is 0.714. The van der Waals surface area contributed by atoms with Crippen molar-refractivity contribution in [2.75, 3.05) is 20.2 Å². The summed E-state index contributed by atoms with van der Waals surface area (Å²) in [5.74, 6) is 2.50. The molecule has 3 heteroatoms. The molecule has 0 aliphatic carbocycles. The van der Waals surface area contributed by atoms with E-state index in [0.29, 0.717) is 5.92 Å². The van der Waals surface area contributed by atoms with Crippen molar-refractivity contribution in [2.45, 2.75) is 26.2 Å². The van der Waals surface area contributed by atoms with Crippen LogP contribution < -0.4 is 10.1 Å². The fourth-order valence-electron chi connectivity index (χ4n) is 2.55. The van der Waals surface area contributed by atoms with Gasteiger partial charge in [-0.05, 0) is 61.7 Å². The van der Waals surface area contributed by atoms with Gasteiger partial charge in [0.25, 0.3) is 0 Å². The molecule has 1 atom stereocenters. The lowest BCUT2D eigenvalue weighted by molar-refractivity contribution is 0.407. The smallest absolute Gasteiger partial charge is 0.119 e. The molecule has 0 bridgehead atoms. The Morgan fingerprint density at radius 1 is 1.19 bits per heavy atom. The van der Waals surface area contributed by atoms with Crippen molar-refractivity contribution >= 4 is 0 Å². The zero-order valence-electron chi connectivity index (χ0n) is 13.0. The van der Waals surface area contributed by atoms with E-state index in [1.54, 1.807) is 13.4 Å². The minimum absolute atomic E-state index is 0.523. The highest BCUT2D eigenvalue weighted by atomic mass is 16.5. The van der Waals surface area contributed by atoms with Crippen molar-refractivity contribution in [2.24, 2.45) is 5.92 Å². The fourth-order valence-corrected chi connectivity index (χ4v) is 2.55. The van der Waals surface area contributed by atoms with Crippen LogP contribution in [-0.2, 0) is 12.8 Å². The average molecular weight is 287 g/mol. The first-order valence-corrected chi connectivity index (χ1v) is 7.67. The number of ether oxygens (including phenoxy) is 1. The predicted octanol–water partition coefficient (Wildman–Crippen LogP) is 3.69. The van der Waals surface area contributed by atoms with E-state index in [9.17, 15) is 0 Å². The van der Waals surface area contributed by atoms with E-state index >= 15 is 0 Å². The molecule has 114 valence electrons. The van der Waals surface area contributed by atoms with Crippen molar-refractivity contribution in [3.05, 3.63) is 54.0 Å². The van der Waals surface area contributed by atoms with Gasteiger partial charge in [-0.2, -0.15) is 0 Å². The molecule has 2 aromatic rings. The highest BCUT2D eigenvalue weighted by Crippen LogP contribution is 2.18. The van der Waals surface area contributed by atoms with E-state index in [0.717, 1.165) is 43.9 Å². The Kier molecular flexibility index (Phi) is 6.35. The minimum Gasteiger partial charge on any atom is -0.497 e. The summed E-state index contributed by atoms with van der Waals surface area (Å²) >= 11 is 0. The van der Waals surface area contributed by atoms with Gasteiger partial charge in [0, 0.05) is 6.42 Å². The van der Waals surface area contributed by atoms with E-state index in [2.05, 4.69) is 36.5 Å². The van der Waals surface area contributed by atoms with Gasteiger partial charge in [-0.25, -0.2) is 0 Å². The Morgan fingerprint density at radius 2 is 2.10 bits per heavy atom. The van der Waals surface area contributed by atoms with Crippen molar-refractivity contribution in [1.82, 2.24) is 5.32 Å². The topological polar surface area (TPSA) is 34.4 Å². The van der Waals surface area contributed by atoms with Gasteiger partial charge in [-0.3, -0.25) is 0 Å². The van der Waals surface area contributed by atoms with Crippen LogP contribution in [0.1, 0.15) is 24.7 Å². The maximum absolute atomic E-state index is 5.50. The molecule has 0 spiro atoms. The van der Waals surface area contributed by atoms with Crippen molar-refractivity contribution in [3.8, 4) is 5.75 Å². The van der Waals surface area contributed by atoms with E-state index in [4.69, 9.17) is 9.15 Å². The first-order chi connectivity index (χ1) is 10.3. The van der Waals surface area contributed by atoms with Crippen LogP contribution in [-0.4, -0.2) is 20.2 Å². The van der Waals surface area contributed by atoms with Crippen LogP contribution in [0.5, 0.6) is 5.75 Å². The van der Waals surface area contributed by atoms with Crippen LogP contribution in [0.25, 0.3) is 0 Å².